The number of unbranched alkanes of at least 4 members (excludes halogenated alkanes) is 3. The van der Waals surface area contributed by atoms with Crippen LogP contribution in [0.1, 0.15) is 104 Å². The second kappa shape index (κ2) is 10.7. The lowest BCUT2D eigenvalue weighted by Gasteiger charge is -2.37. The van der Waals surface area contributed by atoms with Crippen LogP contribution in [0.15, 0.2) is 0 Å². The molecule has 0 atom stereocenters. The SMILES string of the molecule is CCCCCC[C@H]1CC[C@H]([C@H]2CC[C@H](OCCC)CC2)CC1. The van der Waals surface area contributed by atoms with E-state index in [1.54, 1.807) is 0 Å². The molecule has 22 heavy (non-hydrogen) atoms. The van der Waals surface area contributed by atoms with Gasteiger partial charge in [0, 0.05) is 6.61 Å². The number of hydrogen-bond donors (Lipinski definition) is 0. The van der Waals surface area contributed by atoms with Gasteiger partial charge in [0.2, 0.25) is 0 Å². The molecule has 0 aliphatic heterocycles. The van der Waals surface area contributed by atoms with Gasteiger partial charge in [-0.2, -0.15) is 0 Å². The van der Waals surface area contributed by atoms with Crippen molar-refractivity contribution >= 4 is 0 Å². The molecule has 2 saturated carbocycles. The smallest absolute Gasteiger partial charge is 0.0575 e. The summed E-state index contributed by atoms with van der Waals surface area (Å²) < 4.78 is 5.95. The third-order valence-corrected chi connectivity index (χ3v) is 6.30. The molecule has 0 aromatic heterocycles. The van der Waals surface area contributed by atoms with E-state index < -0.39 is 0 Å². The summed E-state index contributed by atoms with van der Waals surface area (Å²) in [7, 11) is 0. The van der Waals surface area contributed by atoms with Gasteiger partial charge < -0.3 is 4.74 Å². The number of hydrogen-bond acceptors (Lipinski definition) is 1. The molecule has 0 saturated heterocycles. The van der Waals surface area contributed by atoms with Crippen LogP contribution < -0.4 is 0 Å². The second-order valence-electron chi connectivity index (χ2n) is 8.04. The van der Waals surface area contributed by atoms with Gasteiger partial charge in [-0.05, 0) is 62.7 Å². The fraction of sp³-hybridized carbons (Fsp3) is 1.00. The normalized spacial score (nSPS) is 33.0. The lowest BCUT2D eigenvalue weighted by atomic mass is 9.70. The molecule has 2 rings (SSSR count). The van der Waals surface area contributed by atoms with Crippen LogP contribution in [0.4, 0.5) is 0 Å². The van der Waals surface area contributed by atoms with E-state index in [0.29, 0.717) is 6.10 Å². The fourth-order valence-electron chi connectivity index (χ4n) is 4.82. The number of rotatable bonds is 9. The van der Waals surface area contributed by atoms with Crippen LogP contribution in [0.3, 0.4) is 0 Å². The predicted molar refractivity (Wildman–Crippen MR) is 96.2 cm³/mol. The topological polar surface area (TPSA) is 9.23 Å². The van der Waals surface area contributed by atoms with Crippen molar-refractivity contribution in [2.45, 2.75) is 110 Å². The molecular formula is C21H40O. The molecule has 0 aromatic rings. The summed E-state index contributed by atoms with van der Waals surface area (Å²) in [5.41, 5.74) is 0. The van der Waals surface area contributed by atoms with Crippen LogP contribution in [-0.4, -0.2) is 12.7 Å². The van der Waals surface area contributed by atoms with Crippen LogP contribution in [0, 0.1) is 17.8 Å². The lowest BCUT2D eigenvalue weighted by Crippen LogP contribution is -2.28. The summed E-state index contributed by atoms with van der Waals surface area (Å²) in [5.74, 6) is 3.15. The van der Waals surface area contributed by atoms with Gasteiger partial charge in [-0.25, -0.2) is 0 Å². The average molecular weight is 309 g/mol. The van der Waals surface area contributed by atoms with E-state index >= 15 is 0 Å². The van der Waals surface area contributed by atoms with Gasteiger partial charge >= 0.3 is 0 Å². The molecule has 2 fully saturated rings. The summed E-state index contributed by atoms with van der Waals surface area (Å²) >= 11 is 0. The van der Waals surface area contributed by atoms with Crippen molar-refractivity contribution in [1.29, 1.82) is 0 Å². The zero-order chi connectivity index (χ0) is 15.6. The molecule has 2 aliphatic carbocycles. The van der Waals surface area contributed by atoms with Crippen molar-refractivity contribution in [3.63, 3.8) is 0 Å². The third kappa shape index (κ3) is 6.22. The van der Waals surface area contributed by atoms with Crippen molar-refractivity contribution in [3.05, 3.63) is 0 Å². The Hall–Kier alpha value is -0.0400. The van der Waals surface area contributed by atoms with Crippen LogP contribution in [-0.2, 0) is 4.74 Å². The molecule has 130 valence electrons. The Morgan fingerprint density at radius 3 is 1.91 bits per heavy atom. The predicted octanol–water partition coefficient (Wildman–Crippen LogP) is 6.75. The van der Waals surface area contributed by atoms with Crippen LogP contribution in [0.5, 0.6) is 0 Å². The highest BCUT2D eigenvalue weighted by atomic mass is 16.5. The monoisotopic (exact) mass is 308 g/mol. The van der Waals surface area contributed by atoms with Gasteiger partial charge in [0.05, 0.1) is 6.10 Å². The van der Waals surface area contributed by atoms with Crippen molar-refractivity contribution in [2.75, 3.05) is 6.61 Å². The van der Waals surface area contributed by atoms with Crippen molar-refractivity contribution in [1.82, 2.24) is 0 Å². The van der Waals surface area contributed by atoms with Gasteiger partial charge in [-0.15, -0.1) is 0 Å². The van der Waals surface area contributed by atoms with Gasteiger partial charge in [0.15, 0.2) is 0 Å². The first-order chi connectivity index (χ1) is 10.8. The largest absolute Gasteiger partial charge is 0.378 e. The Bertz CT molecular complexity index is 259. The van der Waals surface area contributed by atoms with E-state index in [-0.39, 0.29) is 0 Å². The van der Waals surface area contributed by atoms with Crippen molar-refractivity contribution in [3.8, 4) is 0 Å². The lowest BCUT2D eigenvalue weighted by molar-refractivity contribution is 0.00726. The molecule has 0 N–H and O–H groups in total. The van der Waals surface area contributed by atoms with Crippen LogP contribution in [0.2, 0.25) is 0 Å². The average Bonchev–Trinajstić information content (AvgIpc) is 2.58. The highest BCUT2D eigenvalue weighted by molar-refractivity contribution is 4.82. The Kier molecular flexibility index (Phi) is 8.89. The zero-order valence-corrected chi connectivity index (χ0v) is 15.3. The van der Waals surface area contributed by atoms with E-state index in [9.17, 15) is 0 Å². The molecule has 2 aliphatic rings. The maximum Gasteiger partial charge on any atom is 0.0575 e. The molecule has 0 spiro atoms. The first-order valence-corrected chi connectivity index (χ1v) is 10.4. The van der Waals surface area contributed by atoms with Crippen LogP contribution >= 0.6 is 0 Å². The van der Waals surface area contributed by atoms with Gasteiger partial charge in [-0.3, -0.25) is 0 Å². The standard InChI is InChI=1S/C21H40O/c1-3-5-6-7-8-18-9-11-19(12-10-18)20-13-15-21(16-14-20)22-17-4-2/h18-21H,3-17H2,1-2H3/t18-,19-,20-,21-. The quantitative estimate of drug-likeness (QED) is 0.428. The Balaban J connectivity index is 1.57. The number of ether oxygens (including phenoxy) is 1. The summed E-state index contributed by atoms with van der Waals surface area (Å²) in [6.07, 6.45) is 20.7. The summed E-state index contributed by atoms with van der Waals surface area (Å²) in [6, 6.07) is 0. The molecule has 0 aromatic carbocycles. The van der Waals surface area contributed by atoms with Crippen molar-refractivity contribution in [2.24, 2.45) is 17.8 Å². The third-order valence-electron chi connectivity index (χ3n) is 6.30. The van der Waals surface area contributed by atoms with E-state index in [0.717, 1.165) is 24.4 Å². The summed E-state index contributed by atoms with van der Waals surface area (Å²) in [6.45, 7) is 5.50. The van der Waals surface area contributed by atoms with Gasteiger partial charge in [-0.1, -0.05) is 58.8 Å². The maximum atomic E-state index is 5.95. The second-order valence-corrected chi connectivity index (χ2v) is 8.04. The molecule has 0 amide bonds. The Morgan fingerprint density at radius 1 is 0.682 bits per heavy atom. The van der Waals surface area contributed by atoms with Gasteiger partial charge in [0.1, 0.15) is 0 Å². The Labute approximate surface area is 139 Å². The highest BCUT2D eigenvalue weighted by Crippen LogP contribution is 2.41. The van der Waals surface area contributed by atoms with E-state index in [1.165, 1.54) is 89.9 Å². The summed E-state index contributed by atoms with van der Waals surface area (Å²) in [4.78, 5) is 0. The highest BCUT2D eigenvalue weighted by Gasteiger charge is 2.30. The first kappa shape index (κ1) is 18.3. The van der Waals surface area contributed by atoms with Gasteiger partial charge in [0.25, 0.3) is 0 Å². The van der Waals surface area contributed by atoms with E-state index in [1.807, 2.05) is 0 Å². The summed E-state index contributed by atoms with van der Waals surface area (Å²) in [5, 5.41) is 0. The Morgan fingerprint density at radius 2 is 1.32 bits per heavy atom. The minimum absolute atomic E-state index is 0.589. The first-order valence-electron chi connectivity index (χ1n) is 10.4. The van der Waals surface area contributed by atoms with E-state index in [2.05, 4.69) is 13.8 Å². The molecule has 0 unspecified atom stereocenters. The minimum Gasteiger partial charge on any atom is -0.378 e. The molecule has 0 radical (unpaired) electrons. The van der Waals surface area contributed by atoms with E-state index in [4.69, 9.17) is 4.74 Å². The van der Waals surface area contributed by atoms with Crippen molar-refractivity contribution < 1.29 is 4.74 Å². The molecule has 1 nitrogen and oxygen atoms in total. The zero-order valence-electron chi connectivity index (χ0n) is 15.3. The molecular weight excluding hydrogens is 268 g/mol. The maximum absolute atomic E-state index is 5.95. The fourth-order valence-corrected chi connectivity index (χ4v) is 4.82. The molecule has 0 heterocycles. The molecule has 1 heteroatoms. The van der Waals surface area contributed by atoms with Crippen LogP contribution in [0.25, 0.3) is 0 Å². The minimum atomic E-state index is 0.589. The molecule has 0 bridgehead atoms.